The molecule has 0 saturated heterocycles. The van der Waals surface area contributed by atoms with Crippen LogP contribution in [0.5, 0.6) is 0 Å². The highest BCUT2D eigenvalue weighted by Gasteiger charge is 2.42. The van der Waals surface area contributed by atoms with Crippen LogP contribution in [0.1, 0.15) is 45.4 Å². The van der Waals surface area contributed by atoms with E-state index in [1.54, 1.807) is 21.1 Å². The van der Waals surface area contributed by atoms with Crippen LogP contribution >= 0.6 is 0 Å². The van der Waals surface area contributed by atoms with Crippen molar-refractivity contribution < 1.29 is 41.6 Å². The maximum atomic E-state index is 12.2. The van der Waals surface area contributed by atoms with Crippen LogP contribution in [-0.2, 0) is 23.9 Å². The lowest BCUT2D eigenvalue weighted by atomic mass is 10.1. The summed E-state index contributed by atoms with van der Waals surface area (Å²) in [6, 6.07) is -0.953. The lowest BCUT2D eigenvalue weighted by molar-refractivity contribution is -0.871. The number of ketones is 1. The number of carbonyl (C=O) groups excluding carboxylic acids is 4. The maximum Gasteiger partial charge on any atom is 0.491 e. The van der Waals surface area contributed by atoms with E-state index in [1.165, 1.54) is 0 Å². The van der Waals surface area contributed by atoms with Crippen molar-refractivity contribution >= 4 is 23.6 Å². The molecule has 0 bridgehead atoms. The second-order valence-corrected chi connectivity index (χ2v) is 7.34. The van der Waals surface area contributed by atoms with Gasteiger partial charge in [-0.25, -0.2) is 4.79 Å². The van der Waals surface area contributed by atoms with Crippen molar-refractivity contribution in [3.63, 3.8) is 0 Å². The van der Waals surface area contributed by atoms with Crippen LogP contribution in [0.25, 0.3) is 0 Å². The smallest absolute Gasteiger partial charge is 0.386 e. The Morgan fingerprint density at radius 3 is 2.11 bits per heavy atom. The van der Waals surface area contributed by atoms with Crippen molar-refractivity contribution in [3.05, 3.63) is 0 Å². The standard InChI is InChI=1S/C17H27F3N2O5/c1-5-6-7-8-9-13(23)15(25)21-12(11-22(2,3)4)10-14(24)27-16(26)17(18,19)20/h12H,5-11H2,1-4H3/p+1/t12-/m1/s1. The highest BCUT2D eigenvalue weighted by Crippen LogP contribution is 2.17. The molecule has 1 N–H and O–H groups in total. The minimum atomic E-state index is -5.29. The number of alkyl halides is 3. The summed E-state index contributed by atoms with van der Waals surface area (Å²) in [6.45, 7) is 2.15. The van der Waals surface area contributed by atoms with Crippen LogP contribution in [-0.4, -0.2) is 68.0 Å². The van der Waals surface area contributed by atoms with E-state index in [-0.39, 0.29) is 17.4 Å². The van der Waals surface area contributed by atoms with Crippen LogP contribution in [0, 0.1) is 0 Å². The fourth-order valence-corrected chi connectivity index (χ4v) is 2.32. The molecule has 0 aliphatic rings. The Bertz CT molecular complexity index is 542. The van der Waals surface area contributed by atoms with Crippen molar-refractivity contribution in [1.29, 1.82) is 0 Å². The van der Waals surface area contributed by atoms with E-state index in [0.29, 0.717) is 6.42 Å². The Hall–Kier alpha value is -1.97. The Balaban J connectivity index is 4.81. The van der Waals surface area contributed by atoms with Gasteiger partial charge < -0.3 is 14.5 Å². The monoisotopic (exact) mass is 397 g/mol. The van der Waals surface area contributed by atoms with Gasteiger partial charge >= 0.3 is 18.1 Å². The molecule has 7 nitrogen and oxygen atoms in total. The zero-order valence-electron chi connectivity index (χ0n) is 16.1. The van der Waals surface area contributed by atoms with Crippen molar-refractivity contribution in [3.8, 4) is 0 Å². The van der Waals surface area contributed by atoms with Crippen molar-refractivity contribution in [2.24, 2.45) is 0 Å². The summed E-state index contributed by atoms with van der Waals surface area (Å²) in [5.41, 5.74) is 0. The highest BCUT2D eigenvalue weighted by atomic mass is 19.4. The second-order valence-electron chi connectivity index (χ2n) is 7.34. The SMILES string of the molecule is CCCCCCC(=O)C(=O)N[C@H](CC(=O)OC(=O)C(F)(F)F)C[N+](C)(C)C. The third kappa shape index (κ3) is 12.1. The molecular formula is C17H28F3N2O5+. The molecule has 0 rings (SSSR count). The Morgan fingerprint density at radius 1 is 1.04 bits per heavy atom. The van der Waals surface area contributed by atoms with Crippen LogP contribution in [0.15, 0.2) is 0 Å². The molecular weight excluding hydrogens is 369 g/mol. The molecule has 0 aliphatic heterocycles. The topological polar surface area (TPSA) is 89.5 Å². The molecule has 0 fully saturated rings. The van der Waals surface area contributed by atoms with E-state index in [9.17, 15) is 32.3 Å². The number of esters is 2. The van der Waals surface area contributed by atoms with Gasteiger partial charge in [0.1, 0.15) is 0 Å². The van der Waals surface area contributed by atoms with Gasteiger partial charge in [0.2, 0.25) is 5.78 Å². The normalized spacial score (nSPS) is 13.0. The molecule has 10 heteroatoms. The first kappa shape index (κ1) is 25.0. The van der Waals surface area contributed by atoms with E-state index in [1.807, 2.05) is 6.92 Å². The average Bonchev–Trinajstić information content (AvgIpc) is 2.48. The summed E-state index contributed by atoms with van der Waals surface area (Å²) in [5, 5.41) is 2.36. The molecule has 0 aromatic carbocycles. The minimum absolute atomic E-state index is 0.0555. The van der Waals surface area contributed by atoms with Gasteiger partial charge in [-0.3, -0.25) is 14.4 Å². The summed E-state index contributed by atoms with van der Waals surface area (Å²) < 4.78 is 40.5. The molecule has 27 heavy (non-hydrogen) atoms. The fraction of sp³-hybridized carbons (Fsp3) is 0.765. The zero-order chi connectivity index (χ0) is 21.3. The van der Waals surface area contributed by atoms with Gasteiger partial charge in [0.25, 0.3) is 5.91 Å². The number of nitrogens with one attached hydrogen (secondary N) is 1. The van der Waals surface area contributed by atoms with Gasteiger partial charge in [-0.05, 0) is 6.42 Å². The van der Waals surface area contributed by atoms with Crippen molar-refractivity contribution in [2.75, 3.05) is 27.7 Å². The van der Waals surface area contributed by atoms with Gasteiger partial charge in [0, 0.05) is 6.42 Å². The molecule has 0 aliphatic carbocycles. The first-order valence-corrected chi connectivity index (χ1v) is 8.72. The summed E-state index contributed by atoms with van der Waals surface area (Å²) in [4.78, 5) is 46.2. The summed E-state index contributed by atoms with van der Waals surface area (Å²) in [7, 11) is 5.20. The number of Topliss-reactive ketones (excluding diaryl/α,β-unsaturated/α-hetero) is 1. The Labute approximate surface area is 156 Å². The van der Waals surface area contributed by atoms with Gasteiger partial charge in [-0.2, -0.15) is 13.2 Å². The van der Waals surface area contributed by atoms with E-state index >= 15 is 0 Å². The van der Waals surface area contributed by atoms with E-state index in [4.69, 9.17) is 0 Å². The molecule has 0 spiro atoms. The number of amides is 1. The predicted molar refractivity (Wildman–Crippen MR) is 90.4 cm³/mol. The number of carbonyl (C=O) groups is 4. The molecule has 0 aromatic rings. The molecule has 0 aromatic heterocycles. The summed E-state index contributed by atoms with van der Waals surface area (Å²) in [5.74, 6) is -5.60. The molecule has 0 unspecified atom stereocenters. The number of hydrogen-bond donors (Lipinski definition) is 1. The molecule has 0 radical (unpaired) electrons. The Kier molecular flexibility index (Phi) is 10.2. The average molecular weight is 397 g/mol. The summed E-state index contributed by atoms with van der Waals surface area (Å²) in [6.07, 6.45) is -2.61. The minimum Gasteiger partial charge on any atom is -0.386 e. The first-order valence-electron chi connectivity index (χ1n) is 8.72. The number of quaternary nitrogens is 1. The van der Waals surface area contributed by atoms with E-state index in [0.717, 1.165) is 19.3 Å². The Morgan fingerprint density at radius 2 is 1.63 bits per heavy atom. The maximum absolute atomic E-state index is 12.2. The van der Waals surface area contributed by atoms with Crippen LogP contribution in [0.4, 0.5) is 13.2 Å². The fourth-order valence-electron chi connectivity index (χ4n) is 2.32. The molecule has 0 heterocycles. The van der Waals surface area contributed by atoms with Gasteiger partial charge in [-0.1, -0.05) is 26.2 Å². The molecule has 0 saturated carbocycles. The van der Waals surface area contributed by atoms with Gasteiger partial charge in [-0.15, -0.1) is 0 Å². The van der Waals surface area contributed by atoms with Crippen LogP contribution in [0.2, 0.25) is 0 Å². The van der Waals surface area contributed by atoms with Crippen molar-refractivity contribution in [1.82, 2.24) is 5.32 Å². The lowest BCUT2D eigenvalue weighted by Crippen LogP contribution is -2.51. The first-order chi connectivity index (χ1) is 12.3. The van der Waals surface area contributed by atoms with Crippen LogP contribution < -0.4 is 5.32 Å². The number of halogens is 3. The zero-order valence-corrected chi connectivity index (χ0v) is 16.1. The number of hydrogen-bond acceptors (Lipinski definition) is 5. The second kappa shape index (κ2) is 11.0. The van der Waals surface area contributed by atoms with Gasteiger partial charge in [0.15, 0.2) is 0 Å². The number of unbranched alkanes of at least 4 members (excludes halogenated alkanes) is 3. The predicted octanol–water partition coefficient (Wildman–Crippen LogP) is 1.74. The molecule has 156 valence electrons. The van der Waals surface area contributed by atoms with Crippen LogP contribution in [0.3, 0.4) is 0 Å². The number of ether oxygens (including phenoxy) is 1. The third-order valence-electron chi connectivity index (χ3n) is 3.47. The number of nitrogens with zero attached hydrogens (tertiary/aromatic N) is 1. The largest absolute Gasteiger partial charge is 0.491 e. The van der Waals surface area contributed by atoms with Crippen molar-refractivity contribution in [2.45, 2.75) is 57.7 Å². The lowest BCUT2D eigenvalue weighted by Gasteiger charge is -2.29. The highest BCUT2D eigenvalue weighted by molar-refractivity contribution is 6.36. The van der Waals surface area contributed by atoms with E-state index < -0.39 is 42.3 Å². The van der Waals surface area contributed by atoms with Gasteiger partial charge in [0.05, 0.1) is 40.2 Å². The number of likely N-dealkylation sites (N-methyl/N-ethyl adjacent to an activating group) is 1. The van der Waals surface area contributed by atoms with E-state index in [2.05, 4.69) is 10.1 Å². The molecule has 1 amide bonds. The molecule has 1 atom stereocenters. The summed E-state index contributed by atoms with van der Waals surface area (Å²) >= 11 is 0. The quantitative estimate of drug-likeness (QED) is 0.189. The number of rotatable bonds is 11. The third-order valence-corrected chi connectivity index (χ3v) is 3.47.